The first kappa shape index (κ1) is 11.3. The minimum absolute atomic E-state index is 0.523. The molecule has 1 amide bonds. The predicted molar refractivity (Wildman–Crippen MR) is 44.7 cm³/mol. The van der Waals surface area contributed by atoms with Crippen molar-refractivity contribution in [3.63, 3.8) is 0 Å². The van der Waals surface area contributed by atoms with Gasteiger partial charge < -0.3 is 10.6 Å². The highest BCUT2D eigenvalue weighted by atomic mass is 19.4. The molecular formula is C8H13F3N2O. The molecule has 1 heterocycles. The molecule has 1 fully saturated rings. The van der Waals surface area contributed by atoms with Gasteiger partial charge in [0.15, 0.2) is 0 Å². The van der Waals surface area contributed by atoms with Crippen LogP contribution in [0.25, 0.3) is 0 Å². The molecule has 1 aliphatic rings. The van der Waals surface area contributed by atoms with Gasteiger partial charge in [0, 0.05) is 5.54 Å². The monoisotopic (exact) mass is 210 g/mol. The van der Waals surface area contributed by atoms with Gasteiger partial charge in [-0.3, -0.25) is 4.79 Å². The molecule has 1 saturated heterocycles. The van der Waals surface area contributed by atoms with Crippen LogP contribution in [0.2, 0.25) is 0 Å². The Morgan fingerprint density at radius 1 is 1.36 bits per heavy atom. The Balaban J connectivity index is 2.54. The molecule has 0 aromatic carbocycles. The second-order valence-corrected chi connectivity index (χ2v) is 3.76. The van der Waals surface area contributed by atoms with E-state index in [9.17, 15) is 18.0 Å². The van der Waals surface area contributed by atoms with Crippen LogP contribution >= 0.6 is 0 Å². The van der Waals surface area contributed by atoms with Crippen LogP contribution in [0.15, 0.2) is 0 Å². The number of rotatable bonds is 1. The highest BCUT2D eigenvalue weighted by molar-refractivity contribution is 5.82. The zero-order valence-corrected chi connectivity index (χ0v) is 7.87. The van der Waals surface area contributed by atoms with Gasteiger partial charge in [0.1, 0.15) is 0 Å². The molecule has 6 heteroatoms. The number of piperidine rings is 1. The lowest BCUT2D eigenvalue weighted by atomic mass is 9.90. The van der Waals surface area contributed by atoms with Gasteiger partial charge in [0.2, 0.25) is 0 Å². The standard InChI is InChI=1S/C8H13F3N2O/c1-7(2-4-12-5-3-7)13-6(14)8(9,10)11/h12H,2-5H2,1H3,(H,13,14). The molecule has 3 nitrogen and oxygen atoms in total. The van der Waals surface area contributed by atoms with E-state index in [1.165, 1.54) is 0 Å². The summed E-state index contributed by atoms with van der Waals surface area (Å²) < 4.78 is 35.8. The largest absolute Gasteiger partial charge is 0.471 e. The smallest absolute Gasteiger partial charge is 0.343 e. The molecule has 14 heavy (non-hydrogen) atoms. The van der Waals surface area contributed by atoms with Crippen molar-refractivity contribution in [1.82, 2.24) is 10.6 Å². The Labute approximate surface area is 80.0 Å². The molecule has 82 valence electrons. The van der Waals surface area contributed by atoms with Gasteiger partial charge in [-0.2, -0.15) is 13.2 Å². The van der Waals surface area contributed by atoms with Gasteiger partial charge in [-0.15, -0.1) is 0 Å². The lowest BCUT2D eigenvalue weighted by Gasteiger charge is -2.35. The average molecular weight is 210 g/mol. The zero-order valence-electron chi connectivity index (χ0n) is 7.87. The van der Waals surface area contributed by atoms with E-state index in [1.807, 2.05) is 5.32 Å². The first-order chi connectivity index (χ1) is 6.33. The minimum atomic E-state index is -4.78. The van der Waals surface area contributed by atoms with Crippen LogP contribution in [0.4, 0.5) is 13.2 Å². The Hall–Kier alpha value is -0.780. The van der Waals surface area contributed by atoms with E-state index < -0.39 is 17.6 Å². The molecule has 0 aliphatic carbocycles. The maximum Gasteiger partial charge on any atom is 0.471 e. The van der Waals surface area contributed by atoms with E-state index in [4.69, 9.17) is 0 Å². The summed E-state index contributed by atoms with van der Waals surface area (Å²) in [5.74, 6) is -1.85. The number of amides is 1. The van der Waals surface area contributed by atoms with Gasteiger partial charge in [0.25, 0.3) is 0 Å². The number of alkyl halides is 3. The second kappa shape index (κ2) is 3.76. The van der Waals surface area contributed by atoms with E-state index in [2.05, 4.69) is 5.32 Å². The van der Waals surface area contributed by atoms with Crippen molar-refractivity contribution in [3.8, 4) is 0 Å². The van der Waals surface area contributed by atoms with Crippen molar-refractivity contribution in [2.45, 2.75) is 31.5 Å². The van der Waals surface area contributed by atoms with Gasteiger partial charge in [-0.05, 0) is 32.9 Å². The van der Waals surface area contributed by atoms with E-state index >= 15 is 0 Å². The predicted octanol–water partition coefficient (Wildman–Crippen LogP) is 0.807. The number of carbonyl (C=O) groups is 1. The zero-order chi connectivity index (χ0) is 10.8. The third-order valence-electron chi connectivity index (χ3n) is 2.38. The third kappa shape index (κ3) is 2.87. The molecule has 0 bridgehead atoms. The normalized spacial score (nSPS) is 21.7. The van der Waals surface area contributed by atoms with Crippen LogP contribution in [0, 0.1) is 0 Å². The van der Waals surface area contributed by atoms with Crippen molar-refractivity contribution in [2.75, 3.05) is 13.1 Å². The first-order valence-electron chi connectivity index (χ1n) is 4.44. The number of halogens is 3. The SMILES string of the molecule is CC1(NC(=O)C(F)(F)F)CCNCC1. The Morgan fingerprint density at radius 2 is 1.86 bits per heavy atom. The average Bonchev–Trinajstić information content (AvgIpc) is 2.02. The van der Waals surface area contributed by atoms with Gasteiger partial charge in [-0.1, -0.05) is 0 Å². The van der Waals surface area contributed by atoms with E-state index in [-0.39, 0.29) is 0 Å². The first-order valence-corrected chi connectivity index (χ1v) is 4.44. The second-order valence-electron chi connectivity index (χ2n) is 3.76. The van der Waals surface area contributed by atoms with Gasteiger partial charge >= 0.3 is 12.1 Å². The summed E-state index contributed by atoms with van der Waals surface area (Å²) >= 11 is 0. The minimum Gasteiger partial charge on any atom is -0.343 e. The third-order valence-corrected chi connectivity index (χ3v) is 2.38. The highest BCUT2D eigenvalue weighted by Gasteiger charge is 2.42. The topological polar surface area (TPSA) is 41.1 Å². The number of carbonyl (C=O) groups excluding carboxylic acids is 1. The summed E-state index contributed by atoms with van der Waals surface area (Å²) in [6.45, 7) is 2.90. The molecule has 0 aromatic rings. The fourth-order valence-corrected chi connectivity index (χ4v) is 1.45. The summed E-state index contributed by atoms with van der Waals surface area (Å²) in [5.41, 5.74) is -0.724. The van der Waals surface area contributed by atoms with E-state index in [1.54, 1.807) is 6.92 Å². The van der Waals surface area contributed by atoms with Crippen molar-refractivity contribution in [2.24, 2.45) is 0 Å². The molecule has 0 saturated carbocycles. The van der Waals surface area contributed by atoms with Crippen LogP contribution in [-0.2, 0) is 4.79 Å². The summed E-state index contributed by atoms with van der Waals surface area (Å²) in [7, 11) is 0. The number of hydrogen-bond donors (Lipinski definition) is 2. The van der Waals surface area contributed by atoms with Crippen molar-refractivity contribution < 1.29 is 18.0 Å². The van der Waals surface area contributed by atoms with Crippen LogP contribution in [0.5, 0.6) is 0 Å². The van der Waals surface area contributed by atoms with Crippen LogP contribution in [-0.4, -0.2) is 30.7 Å². The van der Waals surface area contributed by atoms with Crippen molar-refractivity contribution in [3.05, 3.63) is 0 Å². The van der Waals surface area contributed by atoms with Gasteiger partial charge in [-0.25, -0.2) is 0 Å². The van der Waals surface area contributed by atoms with Crippen LogP contribution < -0.4 is 10.6 Å². The molecule has 0 unspecified atom stereocenters. The summed E-state index contributed by atoms with van der Waals surface area (Å²) in [4.78, 5) is 10.7. The highest BCUT2D eigenvalue weighted by Crippen LogP contribution is 2.21. The maximum atomic E-state index is 11.9. The summed E-state index contributed by atoms with van der Waals surface area (Å²) in [6, 6.07) is 0. The molecule has 0 aromatic heterocycles. The summed E-state index contributed by atoms with van der Waals surface area (Å²) in [6.07, 6.45) is -3.74. The lowest BCUT2D eigenvalue weighted by Crippen LogP contribution is -2.55. The van der Waals surface area contributed by atoms with Crippen molar-refractivity contribution >= 4 is 5.91 Å². The molecule has 2 N–H and O–H groups in total. The molecule has 1 rings (SSSR count). The molecule has 0 atom stereocenters. The molecule has 1 aliphatic heterocycles. The van der Waals surface area contributed by atoms with Crippen LogP contribution in [0.1, 0.15) is 19.8 Å². The maximum absolute atomic E-state index is 11.9. The van der Waals surface area contributed by atoms with Crippen molar-refractivity contribution in [1.29, 1.82) is 0 Å². The molecular weight excluding hydrogens is 197 g/mol. The fourth-order valence-electron chi connectivity index (χ4n) is 1.45. The fraction of sp³-hybridized carbons (Fsp3) is 0.875. The number of nitrogens with one attached hydrogen (secondary N) is 2. The van der Waals surface area contributed by atoms with E-state index in [0.29, 0.717) is 25.9 Å². The molecule has 0 radical (unpaired) electrons. The van der Waals surface area contributed by atoms with Crippen LogP contribution in [0.3, 0.4) is 0 Å². The molecule has 0 spiro atoms. The Kier molecular flexibility index (Phi) is 3.04. The lowest BCUT2D eigenvalue weighted by molar-refractivity contribution is -0.175. The Morgan fingerprint density at radius 3 is 2.29 bits per heavy atom. The number of hydrogen-bond acceptors (Lipinski definition) is 2. The summed E-state index contributed by atoms with van der Waals surface area (Å²) in [5, 5.41) is 5.05. The Bertz CT molecular complexity index is 221. The van der Waals surface area contributed by atoms with Gasteiger partial charge in [0.05, 0.1) is 0 Å². The van der Waals surface area contributed by atoms with E-state index in [0.717, 1.165) is 0 Å². The quantitative estimate of drug-likeness (QED) is 0.672.